The molecular formula is C18H22N4O3. The summed E-state index contributed by atoms with van der Waals surface area (Å²) in [4.78, 5) is 29.8. The number of hydrogen-bond acceptors (Lipinski definition) is 5. The van der Waals surface area contributed by atoms with Crippen LogP contribution < -0.4 is 5.32 Å². The van der Waals surface area contributed by atoms with E-state index in [1.165, 1.54) is 0 Å². The Bertz CT molecular complexity index is 708. The molecule has 25 heavy (non-hydrogen) atoms. The zero-order valence-electron chi connectivity index (χ0n) is 14.1. The Morgan fingerprint density at radius 3 is 2.68 bits per heavy atom. The number of hydrogen-bond donors (Lipinski definition) is 1. The van der Waals surface area contributed by atoms with E-state index in [0.29, 0.717) is 31.0 Å². The minimum atomic E-state index is -0.129. The molecule has 0 atom stereocenters. The maximum absolute atomic E-state index is 11.9. The van der Waals surface area contributed by atoms with E-state index in [1.807, 2.05) is 30.3 Å². The van der Waals surface area contributed by atoms with E-state index >= 15 is 0 Å². The number of nitrogens with one attached hydrogen (secondary N) is 1. The summed E-state index contributed by atoms with van der Waals surface area (Å²) in [6, 6.07) is 9.59. The molecule has 0 unspecified atom stereocenters. The van der Waals surface area contributed by atoms with Crippen LogP contribution in [0.15, 0.2) is 34.9 Å². The van der Waals surface area contributed by atoms with Crippen molar-refractivity contribution in [2.45, 2.75) is 32.1 Å². The van der Waals surface area contributed by atoms with Crippen LogP contribution in [0.1, 0.15) is 31.6 Å². The van der Waals surface area contributed by atoms with Gasteiger partial charge in [-0.15, -0.1) is 0 Å². The number of carbonyl (C=O) groups excluding carboxylic acids is 2. The van der Waals surface area contributed by atoms with Gasteiger partial charge in [-0.25, -0.2) is 0 Å². The Hall–Kier alpha value is -2.70. The molecule has 0 spiro atoms. The largest absolute Gasteiger partial charge is 0.347 e. The molecule has 1 saturated heterocycles. The summed E-state index contributed by atoms with van der Waals surface area (Å²) in [6.45, 7) is 1.68. The second kappa shape index (κ2) is 8.41. The van der Waals surface area contributed by atoms with Gasteiger partial charge >= 0.3 is 0 Å². The van der Waals surface area contributed by atoms with Crippen molar-refractivity contribution in [2.24, 2.45) is 0 Å². The molecule has 1 N–H and O–H groups in total. The Morgan fingerprint density at radius 2 is 1.92 bits per heavy atom. The summed E-state index contributed by atoms with van der Waals surface area (Å²) in [5, 5.41) is 6.63. The van der Waals surface area contributed by atoms with Crippen LogP contribution in [0.25, 0.3) is 11.4 Å². The van der Waals surface area contributed by atoms with Gasteiger partial charge in [-0.2, -0.15) is 4.98 Å². The predicted octanol–water partition coefficient (Wildman–Crippen LogP) is 1.80. The molecule has 2 heterocycles. The monoisotopic (exact) mass is 342 g/mol. The number of amides is 2. The summed E-state index contributed by atoms with van der Waals surface area (Å²) in [7, 11) is 0. The lowest BCUT2D eigenvalue weighted by molar-refractivity contribution is -0.132. The summed E-state index contributed by atoms with van der Waals surface area (Å²) < 4.78 is 5.21. The van der Waals surface area contributed by atoms with Crippen molar-refractivity contribution in [3.05, 3.63) is 36.2 Å². The fourth-order valence-electron chi connectivity index (χ4n) is 2.80. The quantitative estimate of drug-likeness (QED) is 0.829. The van der Waals surface area contributed by atoms with Crippen LogP contribution in [0.5, 0.6) is 0 Å². The van der Waals surface area contributed by atoms with Crippen LogP contribution in [0, 0.1) is 0 Å². The molecule has 0 bridgehead atoms. The van der Waals surface area contributed by atoms with Crippen molar-refractivity contribution in [2.75, 3.05) is 19.6 Å². The average molecular weight is 342 g/mol. The highest BCUT2D eigenvalue weighted by atomic mass is 16.5. The molecule has 2 aromatic rings. The third kappa shape index (κ3) is 4.89. The maximum Gasteiger partial charge on any atom is 0.241 e. The molecule has 1 aliphatic rings. The van der Waals surface area contributed by atoms with Crippen molar-refractivity contribution in [3.8, 4) is 11.4 Å². The third-order valence-electron chi connectivity index (χ3n) is 4.19. The van der Waals surface area contributed by atoms with Crippen LogP contribution in [0.3, 0.4) is 0 Å². The summed E-state index contributed by atoms with van der Waals surface area (Å²) in [6.07, 6.45) is 3.56. The zero-order chi connectivity index (χ0) is 17.5. The van der Waals surface area contributed by atoms with Crippen LogP contribution in [-0.2, 0) is 16.0 Å². The second-order valence-electron chi connectivity index (χ2n) is 6.10. The first-order chi connectivity index (χ1) is 12.2. The van der Waals surface area contributed by atoms with Gasteiger partial charge in [0.2, 0.25) is 23.5 Å². The Kier molecular flexibility index (Phi) is 5.77. The summed E-state index contributed by atoms with van der Waals surface area (Å²) >= 11 is 0. The molecule has 1 aromatic heterocycles. The molecule has 7 nitrogen and oxygen atoms in total. The van der Waals surface area contributed by atoms with Gasteiger partial charge in [-0.05, 0) is 19.3 Å². The molecule has 1 aromatic carbocycles. The van der Waals surface area contributed by atoms with Crippen molar-refractivity contribution in [1.29, 1.82) is 0 Å². The van der Waals surface area contributed by atoms with Crippen molar-refractivity contribution < 1.29 is 14.1 Å². The third-order valence-corrected chi connectivity index (χ3v) is 4.19. The van der Waals surface area contributed by atoms with Crippen molar-refractivity contribution >= 4 is 11.8 Å². The Labute approximate surface area is 146 Å². The predicted molar refractivity (Wildman–Crippen MR) is 91.5 cm³/mol. The van der Waals surface area contributed by atoms with E-state index in [0.717, 1.165) is 31.5 Å². The van der Waals surface area contributed by atoms with Gasteiger partial charge in [0.05, 0.1) is 6.54 Å². The van der Waals surface area contributed by atoms with Gasteiger partial charge in [-0.3, -0.25) is 9.59 Å². The topological polar surface area (TPSA) is 88.3 Å². The van der Waals surface area contributed by atoms with Crippen LogP contribution in [0.2, 0.25) is 0 Å². The number of likely N-dealkylation sites (tertiary alicyclic amines) is 1. The minimum Gasteiger partial charge on any atom is -0.347 e. The first kappa shape index (κ1) is 17.1. The van der Waals surface area contributed by atoms with Gasteiger partial charge in [0.1, 0.15) is 0 Å². The molecule has 2 amide bonds. The van der Waals surface area contributed by atoms with E-state index in [9.17, 15) is 9.59 Å². The first-order valence-electron chi connectivity index (χ1n) is 8.65. The highest BCUT2D eigenvalue weighted by molar-refractivity contribution is 5.84. The lowest BCUT2D eigenvalue weighted by Gasteiger charge is -2.15. The lowest BCUT2D eigenvalue weighted by Crippen LogP contribution is -2.38. The number of aromatic nitrogens is 2. The highest BCUT2D eigenvalue weighted by Gasteiger charge is 2.18. The number of nitrogens with zero attached hydrogens (tertiary/aromatic N) is 3. The van der Waals surface area contributed by atoms with Gasteiger partial charge < -0.3 is 14.7 Å². The van der Waals surface area contributed by atoms with E-state index in [4.69, 9.17) is 4.52 Å². The zero-order valence-corrected chi connectivity index (χ0v) is 14.1. The van der Waals surface area contributed by atoms with E-state index in [1.54, 1.807) is 4.90 Å². The number of carbonyl (C=O) groups is 2. The maximum atomic E-state index is 11.9. The Balaban J connectivity index is 1.37. The molecular weight excluding hydrogens is 320 g/mol. The molecule has 0 radical (unpaired) electrons. The lowest BCUT2D eigenvalue weighted by atomic mass is 10.2. The van der Waals surface area contributed by atoms with Crippen molar-refractivity contribution in [3.63, 3.8) is 0 Å². The summed E-state index contributed by atoms with van der Waals surface area (Å²) in [5.74, 6) is 0.932. The smallest absolute Gasteiger partial charge is 0.241 e. The van der Waals surface area contributed by atoms with Crippen LogP contribution >= 0.6 is 0 Å². The van der Waals surface area contributed by atoms with Gasteiger partial charge in [0.25, 0.3) is 0 Å². The van der Waals surface area contributed by atoms with E-state index < -0.39 is 0 Å². The van der Waals surface area contributed by atoms with Crippen LogP contribution in [0.4, 0.5) is 0 Å². The molecule has 7 heteroatoms. The number of benzene rings is 1. The van der Waals surface area contributed by atoms with Crippen molar-refractivity contribution in [1.82, 2.24) is 20.4 Å². The number of aryl methyl sites for hydroxylation is 1. The molecule has 3 rings (SSSR count). The van der Waals surface area contributed by atoms with Gasteiger partial charge in [0.15, 0.2) is 0 Å². The molecule has 1 fully saturated rings. The standard InChI is InChI=1S/C18H22N4O3/c23-15(19-13-17(24)22-11-4-5-12-22)9-6-10-16-20-18(21-25-16)14-7-2-1-3-8-14/h1-3,7-8H,4-6,9-13H2,(H,19,23). The van der Waals surface area contributed by atoms with Gasteiger partial charge in [0, 0.05) is 31.5 Å². The molecule has 0 aliphatic carbocycles. The highest BCUT2D eigenvalue weighted by Crippen LogP contribution is 2.15. The number of rotatable bonds is 7. The minimum absolute atomic E-state index is 0.00439. The van der Waals surface area contributed by atoms with E-state index in [-0.39, 0.29) is 18.4 Å². The molecule has 0 saturated carbocycles. The fourth-order valence-corrected chi connectivity index (χ4v) is 2.80. The van der Waals surface area contributed by atoms with Crippen LogP contribution in [-0.4, -0.2) is 46.5 Å². The van der Waals surface area contributed by atoms with E-state index in [2.05, 4.69) is 15.5 Å². The second-order valence-corrected chi connectivity index (χ2v) is 6.10. The normalized spacial score (nSPS) is 13.8. The molecule has 132 valence electrons. The SMILES string of the molecule is O=C(CCCc1nc(-c2ccccc2)no1)NCC(=O)N1CCCC1. The molecule has 1 aliphatic heterocycles. The average Bonchev–Trinajstić information content (AvgIpc) is 3.32. The Morgan fingerprint density at radius 1 is 1.16 bits per heavy atom. The summed E-state index contributed by atoms with van der Waals surface area (Å²) in [5.41, 5.74) is 0.899. The first-order valence-corrected chi connectivity index (χ1v) is 8.65. The van der Waals surface area contributed by atoms with Gasteiger partial charge in [-0.1, -0.05) is 35.5 Å². The fraction of sp³-hybridized carbons (Fsp3) is 0.444.